The van der Waals surface area contributed by atoms with Gasteiger partial charge in [0.25, 0.3) is 0 Å². The maximum Gasteiger partial charge on any atom is 0.180 e. The van der Waals surface area contributed by atoms with Crippen molar-refractivity contribution in [3.05, 3.63) is 44.9 Å². The van der Waals surface area contributed by atoms with Gasteiger partial charge in [-0.3, -0.25) is 0 Å². The SMILES string of the molecule is Cc1cc(Cl)ccc1Cc1sc(N)nc1C(C)(C)C. The molecule has 19 heavy (non-hydrogen) atoms. The summed E-state index contributed by atoms with van der Waals surface area (Å²) in [7, 11) is 0. The maximum absolute atomic E-state index is 6.00. The van der Waals surface area contributed by atoms with Crippen LogP contribution in [0.25, 0.3) is 0 Å². The molecule has 0 unspecified atom stereocenters. The van der Waals surface area contributed by atoms with Crippen molar-refractivity contribution >= 4 is 28.1 Å². The molecular formula is C15H19ClN2S. The lowest BCUT2D eigenvalue weighted by Crippen LogP contribution is -2.14. The van der Waals surface area contributed by atoms with Gasteiger partial charge in [0.05, 0.1) is 5.69 Å². The zero-order valence-electron chi connectivity index (χ0n) is 11.7. The molecule has 0 saturated carbocycles. The number of benzene rings is 1. The first-order chi connectivity index (χ1) is 8.77. The molecule has 0 fully saturated rings. The monoisotopic (exact) mass is 294 g/mol. The number of anilines is 1. The van der Waals surface area contributed by atoms with E-state index in [1.54, 1.807) is 11.3 Å². The van der Waals surface area contributed by atoms with Gasteiger partial charge >= 0.3 is 0 Å². The molecule has 102 valence electrons. The Balaban J connectivity index is 2.38. The molecule has 4 heteroatoms. The van der Waals surface area contributed by atoms with Crippen LogP contribution in [0.3, 0.4) is 0 Å². The molecule has 2 aromatic rings. The van der Waals surface area contributed by atoms with Gasteiger partial charge in [0.15, 0.2) is 5.13 Å². The molecule has 0 saturated heterocycles. The molecule has 0 amide bonds. The van der Waals surface area contributed by atoms with Gasteiger partial charge in [-0.25, -0.2) is 4.98 Å². The number of nitrogens with two attached hydrogens (primary N) is 1. The Morgan fingerprint density at radius 1 is 1.32 bits per heavy atom. The topological polar surface area (TPSA) is 38.9 Å². The van der Waals surface area contributed by atoms with E-state index < -0.39 is 0 Å². The van der Waals surface area contributed by atoms with Crippen LogP contribution in [0.4, 0.5) is 5.13 Å². The van der Waals surface area contributed by atoms with Crippen molar-refractivity contribution in [2.75, 3.05) is 5.73 Å². The summed E-state index contributed by atoms with van der Waals surface area (Å²) in [5.41, 5.74) is 9.48. The largest absolute Gasteiger partial charge is 0.375 e. The first kappa shape index (κ1) is 14.4. The van der Waals surface area contributed by atoms with Gasteiger partial charge in [0.1, 0.15) is 0 Å². The summed E-state index contributed by atoms with van der Waals surface area (Å²) < 4.78 is 0. The van der Waals surface area contributed by atoms with Crippen molar-refractivity contribution in [3.63, 3.8) is 0 Å². The van der Waals surface area contributed by atoms with Crippen LogP contribution in [0.2, 0.25) is 5.02 Å². The van der Waals surface area contributed by atoms with Gasteiger partial charge in [-0.05, 0) is 30.2 Å². The first-order valence-corrected chi connectivity index (χ1v) is 7.47. The van der Waals surface area contributed by atoms with Crippen LogP contribution >= 0.6 is 22.9 Å². The molecule has 0 aliphatic carbocycles. The molecular weight excluding hydrogens is 276 g/mol. The van der Waals surface area contributed by atoms with Crippen molar-refractivity contribution in [1.82, 2.24) is 4.98 Å². The van der Waals surface area contributed by atoms with Crippen molar-refractivity contribution in [2.45, 2.75) is 39.5 Å². The summed E-state index contributed by atoms with van der Waals surface area (Å²) in [6, 6.07) is 6.02. The van der Waals surface area contributed by atoms with Crippen molar-refractivity contribution in [1.29, 1.82) is 0 Å². The van der Waals surface area contributed by atoms with E-state index in [1.807, 2.05) is 12.1 Å². The van der Waals surface area contributed by atoms with E-state index in [-0.39, 0.29) is 5.41 Å². The molecule has 1 heterocycles. The third kappa shape index (κ3) is 3.28. The Morgan fingerprint density at radius 3 is 2.58 bits per heavy atom. The second kappa shape index (κ2) is 5.14. The fourth-order valence-corrected chi connectivity index (χ4v) is 3.40. The summed E-state index contributed by atoms with van der Waals surface area (Å²) in [4.78, 5) is 5.74. The zero-order chi connectivity index (χ0) is 14.2. The van der Waals surface area contributed by atoms with E-state index in [9.17, 15) is 0 Å². The second-order valence-electron chi connectivity index (χ2n) is 5.82. The average Bonchev–Trinajstić information content (AvgIpc) is 2.63. The van der Waals surface area contributed by atoms with E-state index in [1.165, 1.54) is 16.0 Å². The van der Waals surface area contributed by atoms with Crippen LogP contribution in [-0.4, -0.2) is 4.98 Å². The van der Waals surface area contributed by atoms with Crippen molar-refractivity contribution in [2.24, 2.45) is 0 Å². The number of nitrogens with zero attached hydrogens (tertiary/aromatic N) is 1. The number of aromatic nitrogens is 1. The summed E-state index contributed by atoms with van der Waals surface area (Å²) in [6.07, 6.45) is 0.866. The summed E-state index contributed by atoms with van der Waals surface area (Å²) >= 11 is 7.58. The molecule has 2 N–H and O–H groups in total. The molecule has 0 atom stereocenters. The lowest BCUT2D eigenvalue weighted by molar-refractivity contribution is 0.568. The molecule has 0 aliphatic rings. The molecule has 0 aliphatic heterocycles. The molecule has 2 rings (SSSR count). The first-order valence-electron chi connectivity index (χ1n) is 6.28. The Hall–Kier alpha value is -1.06. The number of halogens is 1. The van der Waals surface area contributed by atoms with Crippen molar-refractivity contribution < 1.29 is 0 Å². The quantitative estimate of drug-likeness (QED) is 0.881. The Bertz CT molecular complexity index is 597. The predicted molar refractivity (Wildman–Crippen MR) is 84.2 cm³/mol. The van der Waals surface area contributed by atoms with Gasteiger partial charge < -0.3 is 5.73 Å². The van der Waals surface area contributed by atoms with Crippen LogP contribution in [-0.2, 0) is 11.8 Å². The number of hydrogen-bond donors (Lipinski definition) is 1. The Labute approximate surface area is 123 Å². The zero-order valence-corrected chi connectivity index (χ0v) is 13.3. The van der Waals surface area contributed by atoms with Crippen LogP contribution < -0.4 is 5.73 Å². The fraction of sp³-hybridized carbons (Fsp3) is 0.400. The number of nitrogen functional groups attached to an aromatic ring is 1. The molecule has 0 radical (unpaired) electrons. The van der Waals surface area contributed by atoms with Gasteiger partial charge in [-0.2, -0.15) is 0 Å². The average molecular weight is 295 g/mol. The van der Waals surface area contributed by atoms with Crippen LogP contribution in [0, 0.1) is 6.92 Å². The summed E-state index contributed by atoms with van der Waals surface area (Å²) in [5, 5.41) is 1.42. The molecule has 2 nitrogen and oxygen atoms in total. The smallest absolute Gasteiger partial charge is 0.180 e. The maximum atomic E-state index is 6.00. The van der Waals surface area contributed by atoms with Gasteiger partial charge in [-0.15, -0.1) is 11.3 Å². The fourth-order valence-electron chi connectivity index (χ4n) is 2.11. The molecule has 0 bridgehead atoms. The summed E-state index contributed by atoms with van der Waals surface area (Å²) in [5.74, 6) is 0. The minimum Gasteiger partial charge on any atom is -0.375 e. The van der Waals surface area contributed by atoms with E-state index in [2.05, 4.69) is 38.7 Å². The molecule has 0 spiro atoms. The van der Waals surface area contributed by atoms with E-state index in [4.69, 9.17) is 17.3 Å². The van der Waals surface area contributed by atoms with Crippen LogP contribution in [0.1, 0.15) is 42.5 Å². The van der Waals surface area contributed by atoms with Crippen LogP contribution in [0.15, 0.2) is 18.2 Å². The normalized spacial score (nSPS) is 11.8. The lowest BCUT2D eigenvalue weighted by Gasteiger charge is -2.18. The third-order valence-corrected chi connectivity index (χ3v) is 4.20. The number of hydrogen-bond acceptors (Lipinski definition) is 3. The van der Waals surface area contributed by atoms with Crippen LogP contribution in [0.5, 0.6) is 0 Å². The minimum atomic E-state index is 0.0176. The minimum absolute atomic E-state index is 0.0176. The molecule has 1 aromatic heterocycles. The Kier molecular flexibility index (Phi) is 3.88. The number of aryl methyl sites for hydroxylation is 1. The summed E-state index contributed by atoms with van der Waals surface area (Å²) in [6.45, 7) is 8.58. The number of rotatable bonds is 2. The highest BCUT2D eigenvalue weighted by Gasteiger charge is 2.22. The van der Waals surface area contributed by atoms with Crippen molar-refractivity contribution in [3.8, 4) is 0 Å². The van der Waals surface area contributed by atoms with Gasteiger partial charge in [-0.1, -0.05) is 38.4 Å². The highest BCUT2D eigenvalue weighted by atomic mass is 35.5. The highest BCUT2D eigenvalue weighted by molar-refractivity contribution is 7.15. The second-order valence-corrected chi connectivity index (χ2v) is 7.37. The number of thiazole rings is 1. The van der Waals surface area contributed by atoms with E-state index in [0.29, 0.717) is 5.13 Å². The standard InChI is InChI=1S/C15H19ClN2S/c1-9-7-11(16)6-5-10(9)8-12-13(15(2,3)4)18-14(17)19-12/h5-7H,8H2,1-4H3,(H2,17,18). The molecule has 1 aromatic carbocycles. The van der Waals surface area contributed by atoms with Gasteiger partial charge in [0, 0.05) is 21.7 Å². The third-order valence-electron chi connectivity index (χ3n) is 3.08. The van der Waals surface area contributed by atoms with E-state index in [0.717, 1.165) is 17.1 Å². The van der Waals surface area contributed by atoms with Gasteiger partial charge in [0.2, 0.25) is 0 Å². The highest BCUT2D eigenvalue weighted by Crippen LogP contribution is 2.33. The predicted octanol–water partition coefficient (Wildman–Crippen LogP) is 4.58. The van der Waals surface area contributed by atoms with E-state index >= 15 is 0 Å². The Morgan fingerprint density at radius 2 is 2.00 bits per heavy atom. The lowest BCUT2D eigenvalue weighted by atomic mass is 9.89.